The Labute approximate surface area is 240 Å². The summed E-state index contributed by atoms with van der Waals surface area (Å²) in [6.07, 6.45) is 3.26. The van der Waals surface area contributed by atoms with Crippen LogP contribution in [0.2, 0.25) is 0 Å². The van der Waals surface area contributed by atoms with Gasteiger partial charge >= 0.3 is 11.9 Å². The number of carbonyl (C=O) groups is 3. The third-order valence-corrected chi connectivity index (χ3v) is 7.88. The van der Waals surface area contributed by atoms with Crippen molar-refractivity contribution in [3.63, 3.8) is 0 Å². The summed E-state index contributed by atoms with van der Waals surface area (Å²) >= 11 is 0.930. The summed E-state index contributed by atoms with van der Waals surface area (Å²) in [4.78, 5) is 50.4. The highest BCUT2D eigenvalue weighted by Crippen LogP contribution is 2.44. The number of esters is 1. The Hall–Kier alpha value is -4.77. The third kappa shape index (κ3) is 4.78. The second-order valence-electron chi connectivity index (χ2n) is 9.40. The number of Topliss-reactive ketones (excluding diaryl/α,β-unsaturated/α-hetero) is 1. The average Bonchev–Trinajstić information content (AvgIpc) is 3.59. The highest BCUT2D eigenvalue weighted by Gasteiger charge is 2.49. The van der Waals surface area contributed by atoms with Gasteiger partial charge < -0.3 is 19.0 Å². The van der Waals surface area contributed by atoms with Crippen LogP contribution in [-0.4, -0.2) is 50.3 Å². The van der Waals surface area contributed by atoms with Gasteiger partial charge in [-0.2, -0.15) is 0 Å². The zero-order chi connectivity index (χ0) is 29.4. The van der Waals surface area contributed by atoms with E-state index in [4.69, 9.17) is 9.47 Å². The number of amides is 1. The Morgan fingerprint density at radius 2 is 1.95 bits per heavy atom. The summed E-state index contributed by atoms with van der Waals surface area (Å²) in [6.45, 7) is 11.1. The average molecular weight is 573 g/mol. The van der Waals surface area contributed by atoms with Gasteiger partial charge in [-0.15, -0.1) is 0 Å². The fourth-order valence-electron chi connectivity index (χ4n) is 4.84. The van der Waals surface area contributed by atoms with Crippen molar-refractivity contribution in [2.24, 2.45) is 0 Å². The summed E-state index contributed by atoms with van der Waals surface area (Å²) in [7, 11) is 0. The first-order valence-corrected chi connectivity index (χ1v) is 13.7. The summed E-state index contributed by atoms with van der Waals surface area (Å²) < 4.78 is 12.7. The van der Waals surface area contributed by atoms with Gasteiger partial charge in [-0.1, -0.05) is 42.2 Å². The topological polar surface area (TPSA) is 123 Å². The number of ketones is 1. The smallest absolute Gasteiger partial charge is 0.350 e. The highest BCUT2D eigenvalue weighted by atomic mass is 32.1. The van der Waals surface area contributed by atoms with E-state index < -0.39 is 29.5 Å². The Morgan fingerprint density at radius 3 is 2.66 bits per heavy atom. The van der Waals surface area contributed by atoms with Crippen LogP contribution in [0.1, 0.15) is 50.8 Å². The molecule has 1 aromatic carbocycles. The molecule has 1 saturated heterocycles. The Bertz CT molecular complexity index is 1750. The van der Waals surface area contributed by atoms with Crippen molar-refractivity contribution in [1.29, 1.82) is 0 Å². The van der Waals surface area contributed by atoms with Crippen molar-refractivity contribution in [1.82, 2.24) is 14.4 Å². The highest BCUT2D eigenvalue weighted by molar-refractivity contribution is 7.17. The lowest BCUT2D eigenvalue weighted by Gasteiger charge is -2.23. The van der Waals surface area contributed by atoms with E-state index >= 15 is 0 Å². The molecule has 0 spiro atoms. The van der Waals surface area contributed by atoms with E-state index in [-0.39, 0.29) is 27.9 Å². The van der Waals surface area contributed by atoms with Gasteiger partial charge in [0.05, 0.1) is 29.6 Å². The van der Waals surface area contributed by atoms with Gasteiger partial charge in [-0.05, 0) is 57.0 Å². The first kappa shape index (κ1) is 27.8. The second-order valence-corrected chi connectivity index (χ2v) is 10.4. The number of ether oxygens (including phenoxy) is 2. The minimum atomic E-state index is -1.07. The fraction of sp³-hybridized carbons (Fsp3) is 0.233. The molecule has 0 aliphatic carbocycles. The number of imidazole rings is 1. The molecule has 10 nitrogen and oxygen atoms in total. The standard InChI is InChI=1S/C30H28N4O6S/c1-6-14-40-29(38)26-17(4)31-30(41-26)34-23(19-11-8-12-20(15-19)39-7-2)21(25(36)28(34)37)24(35)22-18(5)33-13-9-10-16(3)27(33)32-22/h6,8-13,15,23,35H,1,7,14H2,2-5H3. The largest absolute Gasteiger partial charge is 0.505 e. The molecule has 1 N–H and O–H groups in total. The number of hydrogen-bond acceptors (Lipinski definition) is 9. The van der Waals surface area contributed by atoms with Crippen molar-refractivity contribution in [3.05, 3.63) is 93.9 Å². The van der Waals surface area contributed by atoms with Gasteiger partial charge in [0, 0.05) is 6.20 Å². The van der Waals surface area contributed by atoms with Crippen LogP contribution >= 0.6 is 11.3 Å². The van der Waals surface area contributed by atoms with Crippen LogP contribution in [-0.2, 0) is 14.3 Å². The van der Waals surface area contributed by atoms with Gasteiger partial charge in [-0.25, -0.2) is 14.8 Å². The second kappa shape index (κ2) is 11.0. The lowest BCUT2D eigenvalue weighted by Crippen LogP contribution is -2.29. The van der Waals surface area contributed by atoms with Crippen LogP contribution < -0.4 is 9.64 Å². The van der Waals surface area contributed by atoms with Gasteiger partial charge in [0.15, 0.2) is 10.9 Å². The predicted molar refractivity (Wildman–Crippen MR) is 154 cm³/mol. The van der Waals surface area contributed by atoms with E-state index in [9.17, 15) is 19.5 Å². The lowest BCUT2D eigenvalue weighted by atomic mass is 9.96. The molecule has 5 rings (SSSR count). The molecule has 210 valence electrons. The number of rotatable bonds is 8. The molecule has 4 heterocycles. The summed E-state index contributed by atoms with van der Waals surface area (Å²) in [6, 6.07) is 9.64. The van der Waals surface area contributed by atoms with Crippen molar-refractivity contribution in [2.75, 3.05) is 18.1 Å². The van der Waals surface area contributed by atoms with E-state index in [0.29, 0.717) is 35.0 Å². The predicted octanol–water partition coefficient (Wildman–Crippen LogP) is 5.08. The maximum absolute atomic E-state index is 13.7. The number of thiazole rings is 1. The molecule has 1 atom stereocenters. The first-order chi connectivity index (χ1) is 19.7. The number of carbonyl (C=O) groups excluding carboxylic acids is 3. The number of anilines is 1. The Morgan fingerprint density at radius 1 is 1.17 bits per heavy atom. The molecule has 41 heavy (non-hydrogen) atoms. The molecule has 0 saturated carbocycles. The van der Waals surface area contributed by atoms with Crippen LogP contribution in [0.15, 0.2) is 60.8 Å². The minimum Gasteiger partial charge on any atom is -0.505 e. The number of hydrogen-bond donors (Lipinski definition) is 1. The SMILES string of the molecule is C=CCOC(=O)c1sc(N2C(=O)C(=O)C(=C(O)c3nc4c(C)cccn4c3C)C2c2cccc(OCC)c2)nc1C. The lowest BCUT2D eigenvalue weighted by molar-refractivity contribution is -0.132. The molecule has 1 unspecified atom stereocenters. The zero-order valence-electron chi connectivity index (χ0n) is 23.0. The molecule has 1 aliphatic heterocycles. The molecular formula is C30H28N4O6S. The molecular weight excluding hydrogens is 544 g/mol. The molecule has 1 amide bonds. The van der Waals surface area contributed by atoms with Gasteiger partial charge in [-0.3, -0.25) is 14.5 Å². The van der Waals surface area contributed by atoms with E-state index in [2.05, 4.69) is 16.5 Å². The quantitative estimate of drug-likeness (QED) is 0.102. The monoisotopic (exact) mass is 572 g/mol. The van der Waals surface area contributed by atoms with Crippen molar-refractivity contribution in [2.45, 2.75) is 33.7 Å². The Balaban J connectivity index is 1.72. The van der Waals surface area contributed by atoms with Gasteiger partial charge in [0.1, 0.15) is 28.6 Å². The number of aryl methyl sites for hydroxylation is 3. The van der Waals surface area contributed by atoms with Crippen molar-refractivity contribution >= 4 is 45.5 Å². The van der Waals surface area contributed by atoms with Crippen LogP contribution in [0, 0.1) is 20.8 Å². The normalized spacial score (nSPS) is 16.4. The van der Waals surface area contributed by atoms with E-state index in [1.807, 2.05) is 36.6 Å². The fourth-order valence-corrected chi connectivity index (χ4v) is 5.82. The number of pyridine rings is 1. The first-order valence-electron chi connectivity index (χ1n) is 12.9. The minimum absolute atomic E-state index is 0.0120. The van der Waals surface area contributed by atoms with Gasteiger partial charge in [0.25, 0.3) is 5.78 Å². The number of fused-ring (bicyclic) bond motifs is 1. The summed E-state index contributed by atoms with van der Waals surface area (Å²) in [5.74, 6) is -2.29. The number of nitrogens with zero attached hydrogens (tertiary/aromatic N) is 4. The molecule has 4 aromatic rings. The van der Waals surface area contributed by atoms with Crippen LogP contribution in [0.5, 0.6) is 5.75 Å². The number of aliphatic hydroxyl groups is 1. The van der Waals surface area contributed by atoms with Crippen LogP contribution in [0.25, 0.3) is 11.4 Å². The number of aliphatic hydroxyl groups excluding tert-OH is 1. The number of benzene rings is 1. The maximum Gasteiger partial charge on any atom is 0.350 e. The Kier molecular flexibility index (Phi) is 7.46. The number of aromatic nitrogens is 3. The van der Waals surface area contributed by atoms with Crippen molar-refractivity contribution in [3.8, 4) is 5.75 Å². The van der Waals surface area contributed by atoms with Crippen LogP contribution in [0.4, 0.5) is 5.13 Å². The molecule has 1 fully saturated rings. The zero-order valence-corrected chi connectivity index (χ0v) is 23.8. The molecule has 3 aromatic heterocycles. The van der Waals surface area contributed by atoms with Gasteiger partial charge in [0.2, 0.25) is 0 Å². The van der Waals surface area contributed by atoms with Crippen LogP contribution in [0.3, 0.4) is 0 Å². The molecule has 11 heteroatoms. The summed E-state index contributed by atoms with van der Waals surface area (Å²) in [5.41, 5.74) is 3.00. The van der Waals surface area contributed by atoms with Crippen molar-refractivity contribution < 1.29 is 29.0 Å². The van der Waals surface area contributed by atoms with E-state index in [1.165, 1.54) is 11.0 Å². The third-order valence-electron chi connectivity index (χ3n) is 6.75. The summed E-state index contributed by atoms with van der Waals surface area (Å²) in [5, 5.41) is 11.8. The van der Waals surface area contributed by atoms with E-state index in [0.717, 1.165) is 16.9 Å². The maximum atomic E-state index is 13.7. The molecule has 1 aliphatic rings. The molecule has 0 bridgehead atoms. The van der Waals surface area contributed by atoms with E-state index in [1.54, 1.807) is 38.1 Å². The molecule has 0 radical (unpaired) electrons.